The van der Waals surface area contributed by atoms with Gasteiger partial charge in [0.15, 0.2) is 0 Å². The Morgan fingerprint density at radius 3 is 2.43 bits per heavy atom. The lowest BCUT2D eigenvalue weighted by Crippen LogP contribution is -2.50. The molecule has 1 aromatic carbocycles. The molecule has 0 aromatic heterocycles. The van der Waals surface area contributed by atoms with Gasteiger partial charge in [0.2, 0.25) is 0 Å². The minimum Gasteiger partial charge on any atom is -0.427 e. The summed E-state index contributed by atoms with van der Waals surface area (Å²) in [7, 11) is 2.30. The lowest BCUT2D eigenvalue weighted by molar-refractivity contribution is -0.114. The van der Waals surface area contributed by atoms with Crippen LogP contribution in [-0.4, -0.2) is 38.9 Å². The summed E-state index contributed by atoms with van der Waals surface area (Å²) in [6.07, 6.45) is 32.4. The van der Waals surface area contributed by atoms with Gasteiger partial charge in [-0.05, 0) is 129 Å². The molecule has 5 heteroatoms. The van der Waals surface area contributed by atoms with E-state index in [4.69, 9.17) is 9.39 Å². The van der Waals surface area contributed by atoms with Crippen molar-refractivity contribution in [3.63, 3.8) is 0 Å². The number of methoxy groups -OCH3 is 1. The van der Waals surface area contributed by atoms with Crippen molar-refractivity contribution in [1.82, 2.24) is 10.6 Å². The molecule has 1 aromatic rings. The third kappa shape index (κ3) is 7.37. The van der Waals surface area contributed by atoms with Crippen molar-refractivity contribution in [2.45, 2.75) is 77.4 Å². The first-order valence-electron chi connectivity index (χ1n) is 17.2. The molecular formula is C41H51BN2O2. The molecule has 4 nitrogen and oxygen atoms in total. The van der Waals surface area contributed by atoms with Crippen molar-refractivity contribution < 1.29 is 9.39 Å². The zero-order valence-corrected chi connectivity index (χ0v) is 28.5. The van der Waals surface area contributed by atoms with Crippen LogP contribution in [0.2, 0.25) is 0 Å². The second kappa shape index (κ2) is 14.1. The third-order valence-electron chi connectivity index (χ3n) is 10.8. The highest BCUT2D eigenvalue weighted by Crippen LogP contribution is 2.41. The van der Waals surface area contributed by atoms with Gasteiger partial charge in [-0.25, -0.2) is 0 Å². The van der Waals surface area contributed by atoms with Crippen LogP contribution in [0.5, 0.6) is 0 Å². The maximum atomic E-state index is 6.47. The summed E-state index contributed by atoms with van der Waals surface area (Å²) in [6, 6.07) is 8.99. The molecule has 3 aliphatic carbocycles. The average molecular weight is 615 g/mol. The van der Waals surface area contributed by atoms with Crippen LogP contribution >= 0.6 is 0 Å². The van der Waals surface area contributed by atoms with E-state index in [-0.39, 0.29) is 0 Å². The molecule has 46 heavy (non-hydrogen) atoms. The maximum absolute atomic E-state index is 6.47. The van der Waals surface area contributed by atoms with Gasteiger partial charge in [-0.1, -0.05) is 78.3 Å². The van der Waals surface area contributed by atoms with Crippen molar-refractivity contribution in [3.8, 4) is 0 Å². The normalized spacial score (nSPS) is 23.5. The van der Waals surface area contributed by atoms with Gasteiger partial charge in [-0.15, -0.1) is 0 Å². The molecule has 2 aliphatic heterocycles. The van der Waals surface area contributed by atoms with Crippen LogP contribution in [-0.2, 0) is 9.39 Å². The summed E-state index contributed by atoms with van der Waals surface area (Å²) >= 11 is 0. The van der Waals surface area contributed by atoms with Gasteiger partial charge in [0.25, 0.3) is 0 Å². The molecule has 0 radical (unpaired) electrons. The zero-order chi connectivity index (χ0) is 32.1. The Morgan fingerprint density at radius 1 is 0.826 bits per heavy atom. The van der Waals surface area contributed by atoms with Crippen molar-refractivity contribution in [3.05, 3.63) is 130 Å². The number of benzene rings is 1. The number of allylic oxidation sites excluding steroid dienone is 14. The standard InChI is InChI=1S/C41H51BN2O2/c1-40(2,45-5)41(3,4)46-42-39-18-8-15-33(26-39)38-24-36(31-13-6-11-29(21-31)34-16-9-19-43-27-34)23-37(25-38)32-14-7-12-30(22-32)35-17-10-20-44-28-35/h6,8,10-11,13-15,17-18,20,22-24,26-27,31,37,42-44H,7,9,12,16,19,21,25,28H2,1-5H3. The molecular weight excluding hydrogens is 563 g/mol. The quantitative estimate of drug-likeness (QED) is 0.266. The lowest BCUT2D eigenvalue weighted by atomic mass is 9.74. The van der Waals surface area contributed by atoms with E-state index in [0.717, 1.165) is 45.2 Å². The minimum absolute atomic E-state index is 0.345. The van der Waals surface area contributed by atoms with Crippen LogP contribution < -0.4 is 16.1 Å². The molecule has 2 heterocycles. The van der Waals surface area contributed by atoms with Crippen molar-refractivity contribution in [2.75, 3.05) is 20.2 Å². The summed E-state index contributed by atoms with van der Waals surface area (Å²) in [5, 5.41) is 6.88. The second-order valence-electron chi connectivity index (χ2n) is 14.3. The predicted molar refractivity (Wildman–Crippen MR) is 195 cm³/mol. The number of dihydropyridines is 1. The molecule has 5 aliphatic rings. The van der Waals surface area contributed by atoms with E-state index in [2.05, 4.69) is 123 Å². The number of hydrogen-bond donors (Lipinski definition) is 2. The summed E-state index contributed by atoms with van der Waals surface area (Å²) in [6.45, 7) is 10.4. The Kier molecular flexibility index (Phi) is 9.91. The van der Waals surface area contributed by atoms with Crippen LogP contribution in [0.3, 0.4) is 0 Å². The van der Waals surface area contributed by atoms with E-state index in [0.29, 0.717) is 19.3 Å². The monoisotopic (exact) mass is 614 g/mol. The van der Waals surface area contributed by atoms with Gasteiger partial charge in [0.05, 0.1) is 11.2 Å². The van der Waals surface area contributed by atoms with E-state index in [9.17, 15) is 0 Å². The average Bonchev–Trinajstić information content (AvgIpc) is 3.11. The summed E-state index contributed by atoms with van der Waals surface area (Å²) in [5.74, 6) is 0.713. The van der Waals surface area contributed by atoms with Gasteiger partial charge in [0.1, 0.15) is 0 Å². The topological polar surface area (TPSA) is 42.5 Å². The van der Waals surface area contributed by atoms with Gasteiger partial charge < -0.3 is 20.0 Å². The molecule has 2 unspecified atom stereocenters. The summed E-state index contributed by atoms with van der Waals surface area (Å²) in [5.41, 5.74) is 11.8. The molecule has 0 saturated carbocycles. The highest BCUT2D eigenvalue weighted by Gasteiger charge is 2.38. The van der Waals surface area contributed by atoms with Crippen LogP contribution in [0.15, 0.2) is 125 Å². The van der Waals surface area contributed by atoms with Crippen LogP contribution in [0.1, 0.15) is 71.8 Å². The van der Waals surface area contributed by atoms with Gasteiger partial charge in [-0.3, -0.25) is 0 Å². The molecule has 0 fully saturated rings. The molecule has 2 N–H and O–H groups in total. The van der Waals surface area contributed by atoms with Crippen molar-refractivity contribution in [2.24, 2.45) is 11.8 Å². The summed E-state index contributed by atoms with van der Waals surface area (Å²) in [4.78, 5) is 0. The number of rotatable bonds is 10. The molecule has 0 spiro atoms. The SMILES string of the molecule is COC(C)(C)C(C)(C)OBc1cccc(C2=CC(C3C=CC=C(C4=CNCCC4)C3)=CC(C3=CCCC(C4=CC=CNC4)=C3)C2)c1. The number of ether oxygens (including phenoxy) is 1. The highest BCUT2D eigenvalue weighted by molar-refractivity contribution is 6.47. The Hall–Kier alpha value is -3.54. The Balaban J connectivity index is 1.29. The third-order valence-corrected chi connectivity index (χ3v) is 10.8. The van der Waals surface area contributed by atoms with E-state index >= 15 is 0 Å². The Morgan fingerprint density at radius 2 is 1.65 bits per heavy atom. The fourth-order valence-electron chi connectivity index (χ4n) is 6.99. The van der Waals surface area contributed by atoms with E-state index in [1.54, 1.807) is 7.11 Å². The molecule has 2 atom stereocenters. The number of nitrogens with one attached hydrogen (secondary N) is 2. The first kappa shape index (κ1) is 32.4. The smallest absolute Gasteiger partial charge is 0.309 e. The lowest BCUT2D eigenvalue weighted by Gasteiger charge is -2.40. The van der Waals surface area contributed by atoms with Crippen LogP contribution in [0.4, 0.5) is 0 Å². The second-order valence-corrected chi connectivity index (χ2v) is 14.3. The van der Waals surface area contributed by atoms with E-state index < -0.39 is 11.2 Å². The Labute approximate surface area is 277 Å². The molecule has 0 saturated heterocycles. The van der Waals surface area contributed by atoms with Gasteiger partial charge in [0, 0.05) is 32.0 Å². The van der Waals surface area contributed by atoms with Gasteiger partial charge >= 0.3 is 7.48 Å². The van der Waals surface area contributed by atoms with Crippen LogP contribution in [0, 0.1) is 11.8 Å². The molecule has 6 rings (SSSR count). The first-order valence-corrected chi connectivity index (χ1v) is 17.2. The number of hydrogen-bond acceptors (Lipinski definition) is 4. The largest absolute Gasteiger partial charge is 0.427 e. The molecule has 0 bridgehead atoms. The van der Waals surface area contributed by atoms with Crippen LogP contribution in [0.25, 0.3) is 5.57 Å². The fourth-order valence-corrected chi connectivity index (χ4v) is 6.99. The first-order chi connectivity index (χ1) is 22.2. The van der Waals surface area contributed by atoms with Crippen molar-refractivity contribution >= 4 is 18.5 Å². The molecule has 0 amide bonds. The predicted octanol–water partition coefficient (Wildman–Crippen LogP) is 7.67. The highest BCUT2D eigenvalue weighted by atomic mass is 16.5. The van der Waals surface area contributed by atoms with Crippen molar-refractivity contribution in [1.29, 1.82) is 0 Å². The van der Waals surface area contributed by atoms with Gasteiger partial charge in [-0.2, -0.15) is 0 Å². The fraction of sp³-hybridized carbons (Fsp3) is 0.415. The zero-order valence-electron chi connectivity index (χ0n) is 28.5. The molecule has 240 valence electrons. The summed E-state index contributed by atoms with van der Waals surface area (Å²) < 4.78 is 12.2. The minimum atomic E-state index is -0.429. The van der Waals surface area contributed by atoms with E-state index in [1.807, 2.05) is 6.20 Å². The van der Waals surface area contributed by atoms with E-state index in [1.165, 1.54) is 56.5 Å². The Bertz CT molecular complexity index is 1590. The maximum Gasteiger partial charge on any atom is 0.309 e.